The average molecular weight is 317 g/mol. The van der Waals surface area contributed by atoms with Crippen LogP contribution in [0.1, 0.15) is 6.23 Å². The van der Waals surface area contributed by atoms with Gasteiger partial charge in [-0.25, -0.2) is 15.0 Å². The fourth-order valence-electron chi connectivity index (χ4n) is 2.91. The number of anilines is 1. The monoisotopic (exact) mass is 317 g/mol. The summed E-state index contributed by atoms with van der Waals surface area (Å²) in [5, 5.41) is 30.0. The van der Waals surface area contributed by atoms with Crippen molar-refractivity contribution >= 4 is 27.8 Å². The first-order chi connectivity index (χ1) is 11.1. The molecule has 5 N–H and O–H groups in total. The highest BCUT2D eigenvalue weighted by Gasteiger charge is 2.43. The Hall–Kier alpha value is -2.33. The summed E-state index contributed by atoms with van der Waals surface area (Å²) >= 11 is 0. The highest BCUT2D eigenvalue weighted by Crippen LogP contribution is 2.33. The number of aliphatic hydroxyl groups is 3. The summed E-state index contributed by atoms with van der Waals surface area (Å²) in [4.78, 5) is 12.4. The summed E-state index contributed by atoms with van der Waals surface area (Å²) in [6.45, 7) is -0.381. The molecule has 9 heteroatoms. The number of ether oxygens (including phenoxy) is 1. The standard InChI is InChI=1S/C14H15N5O4/c15-13-6-1-8-9(2-7(6)16-4-17-13)19(5-18-8)14-12(22)11(21)10(3-20)23-14/h1-2,4-5,10-12,14,20-22H,3H2,(H2,15,16,17). The van der Waals surface area contributed by atoms with Crippen molar-refractivity contribution in [3.63, 3.8) is 0 Å². The molecule has 0 amide bonds. The van der Waals surface area contributed by atoms with Gasteiger partial charge in [0.25, 0.3) is 0 Å². The zero-order chi connectivity index (χ0) is 16.1. The largest absolute Gasteiger partial charge is 0.394 e. The van der Waals surface area contributed by atoms with Crippen molar-refractivity contribution < 1.29 is 20.1 Å². The van der Waals surface area contributed by atoms with Crippen molar-refractivity contribution in [3.05, 3.63) is 24.8 Å². The van der Waals surface area contributed by atoms with Crippen LogP contribution in [0.3, 0.4) is 0 Å². The normalized spacial score (nSPS) is 28.0. The van der Waals surface area contributed by atoms with Gasteiger partial charge in [-0.05, 0) is 12.1 Å². The molecule has 1 aliphatic heterocycles. The van der Waals surface area contributed by atoms with Crippen molar-refractivity contribution in [1.82, 2.24) is 19.5 Å². The molecular formula is C14H15N5O4. The maximum atomic E-state index is 10.2. The Labute approximate surface area is 130 Å². The molecule has 4 atom stereocenters. The van der Waals surface area contributed by atoms with Crippen molar-refractivity contribution in [2.75, 3.05) is 12.3 Å². The molecule has 120 valence electrons. The topological polar surface area (TPSA) is 140 Å². The van der Waals surface area contributed by atoms with Crippen LogP contribution in [0.25, 0.3) is 21.9 Å². The molecule has 1 aliphatic rings. The van der Waals surface area contributed by atoms with E-state index in [4.69, 9.17) is 10.5 Å². The molecule has 0 spiro atoms. The number of fused-ring (bicyclic) bond motifs is 2. The number of nitrogens with two attached hydrogens (primary N) is 1. The molecule has 0 saturated carbocycles. The quantitative estimate of drug-likeness (QED) is 0.480. The van der Waals surface area contributed by atoms with Crippen LogP contribution in [0.2, 0.25) is 0 Å². The van der Waals surface area contributed by atoms with Gasteiger partial charge in [-0.15, -0.1) is 0 Å². The van der Waals surface area contributed by atoms with Crippen LogP contribution in [0.5, 0.6) is 0 Å². The van der Waals surface area contributed by atoms with E-state index in [0.29, 0.717) is 27.8 Å². The number of benzene rings is 1. The van der Waals surface area contributed by atoms with Gasteiger partial charge in [0.2, 0.25) is 0 Å². The summed E-state index contributed by atoms with van der Waals surface area (Å²) in [6.07, 6.45) is -1.14. The van der Waals surface area contributed by atoms with E-state index in [9.17, 15) is 15.3 Å². The van der Waals surface area contributed by atoms with Gasteiger partial charge in [0, 0.05) is 5.39 Å². The zero-order valence-electron chi connectivity index (χ0n) is 11.9. The highest BCUT2D eigenvalue weighted by atomic mass is 16.6. The van der Waals surface area contributed by atoms with Crippen LogP contribution in [0.15, 0.2) is 24.8 Å². The second-order valence-electron chi connectivity index (χ2n) is 5.50. The number of hydrogen-bond acceptors (Lipinski definition) is 8. The molecular weight excluding hydrogens is 302 g/mol. The van der Waals surface area contributed by atoms with E-state index in [0.717, 1.165) is 0 Å². The molecule has 3 heterocycles. The van der Waals surface area contributed by atoms with Crippen molar-refractivity contribution in [3.8, 4) is 0 Å². The first-order valence-corrected chi connectivity index (χ1v) is 7.09. The summed E-state index contributed by atoms with van der Waals surface area (Å²) in [7, 11) is 0. The van der Waals surface area contributed by atoms with Crippen molar-refractivity contribution in [2.24, 2.45) is 0 Å². The number of nitrogen functional groups attached to an aromatic ring is 1. The van der Waals surface area contributed by atoms with E-state index in [1.807, 2.05) is 0 Å². The minimum Gasteiger partial charge on any atom is -0.394 e. The van der Waals surface area contributed by atoms with E-state index in [1.165, 1.54) is 12.7 Å². The second kappa shape index (κ2) is 5.10. The number of aliphatic hydroxyl groups excluding tert-OH is 3. The predicted molar refractivity (Wildman–Crippen MR) is 80.3 cm³/mol. The van der Waals surface area contributed by atoms with Crippen LogP contribution in [-0.2, 0) is 4.74 Å². The maximum Gasteiger partial charge on any atom is 0.164 e. The van der Waals surface area contributed by atoms with Gasteiger partial charge in [0.05, 0.1) is 29.5 Å². The molecule has 9 nitrogen and oxygen atoms in total. The number of nitrogens with zero attached hydrogens (tertiary/aromatic N) is 4. The summed E-state index contributed by atoms with van der Waals surface area (Å²) < 4.78 is 7.15. The fourth-order valence-corrected chi connectivity index (χ4v) is 2.91. The average Bonchev–Trinajstić information content (AvgIpc) is 3.08. The van der Waals surface area contributed by atoms with E-state index in [2.05, 4.69) is 15.0 Å². The van der Waals surface area contributed by atoms with E-state index in [1.54, 1.807) is 16.7 Å². The molecule has 0 radical (unpaired) electrons. The third-order valence-electron chi connectivity index (χ3n) is 4.15. The van der Waals surface area contributed by atoms with Crippen LogP contribution in [0.4, 0.5) is 5.82 Å². The van der Waals surface area contributed by atoms with Gasteiger partial charge in [0.1, 0.15) is 30.5 Å². The third-order valence-corrected chi connectivity index (χ3v) is 4.15. The van der Waals surface area contributed by atoms with Crippen LogP contribution in [-0.4, -0.2) is 59.8 Å². The minimum atomic E-state index is -1.17. The molecule has 1 saturated heterocycles. The molecule has 0 bridgehead atoms. The first kappa shape index (κ1) is 14.3. The SMILES string of the molecule is Nc1ncnc2cc3c(cc12)ncn3C1OC(CO)C(O)C1O. The lowest BCUT2D eigenvalue weighted by Gasteiger charge is -2.17. The van der Waals surface area contributed by atoms with Crippen LogP contribution in [0, 0.1) is 0 Å². The van der Waals surface area contributed by atoms with Crippen molar-refractivity contribution in [1.29, 1.82) is 0 Å². The summed E-state index contributed by atoms with van der Waals surface area (Å²) in [5.41, 5.74) is 7.79. The predicted octanol–water partition coefficient (Wildman–Crippen LogP) is -0.827. The van der Waals surface area contributed by atoms with E-state index >= 15 is 0 Å². The van der Waals surface area contributed by atoms with E-state index < -0.39 is 24.5 Å². The van der Waals surface area contributed by atoms with Gasteiger partial charge in [-0.1, -0.05) is 0 Å². The van der Waals surface area contributed by atoms with Gasteiger partial charge in [0.15, 0.2) is 6.23 Å². The lowest BCUT2D eigenvalue weighted by Crippen LogP contribution is -2.33. The fraction of sp³-hybridized carbons (Fsp3) is 0.357. The summed E-state index contributed by atoms with van der Waals surface area (Å²) in [6, 6.07) is 3.53. The molecule has 4 rings (SSSR count). The molecule has 0 aliphatic carbocycles. The Morgan fingerprint density at radius 2 is 1.96 bits per heavy atom. The van der Waals surface area contributed by atoms with Gasteiger partial charge in [-0.3, -0.25) is 0 Å². The smallest absolute Gasteiger partial charge is 0.164 e. The van der Waals surface area contributed by atoms with Gasteiger partial charge in [-0.2, -0.15) is 0 Å². The third kappa shape index (κ3) is 2.05. The van der Waals surface area contributed by atoms with Crippen LogP contribution >= 0.6 is 0 Å². The Kier molecular flexibility index (Phi) is 3.16. The molecule has 4 unspecified atom stereocenters. The zero-order valence-corrected chi connectivity index (χ0v) is 11.9. The minimum absolute atomic E-state index is 0.361. The van der Waals surface area contributed by atoms with E-state index in [-0.39, 0.29) is 6.61 Å². The van der Waals surface area contributed by atoms with Gasteiger partial charge >= 0.3 is 0 Å². The molecule has 1 aromatic carbocycles. The number of hydrogen-bond donors (Lipinski definition) is 4. The lowest BCUT2D eigenvalue weighted by molar-refractivity contribution is -0.0508. The Morgan fingerprint density at radius 1 is 1.13 bits per heavy atom. The second-order valence-corrected chi connectivity index (χ2v) is 5.50. The number of imidazole rings is 1. The van der Waals surface area contributed by atoms with Gasteiger partial charge < -0.3 is 30.4 Å². The molecule has 1 fully saturated rings. The Bertz CT molecular complexity index is 882. The Balaban J connectivity index is 1.85. The maximum absolute atomic E-state index is 10.2. The molecule has 2 aromatic heterocycles. The van der Waals surface area contributed by atoms with Crippen molar-refractivity contribution in [2.45, 2.75) is 24.5 Å². The number of aromatic nitrogens is 4. The lowest BCUT2D eigenvalue weighted by atomic mass is 10.1. The summed E-state index contributed by atoms with van der Waals surface area (Å²) in [5.74, 6) is 0.361. The molecule has 3 aromatic rings. The number of rotatable bonds is 2. The first-order valence-electron chi connectivity index (χ1n) is 7.09. The highest BCUT2D eigenvalue weighted by molar-refractivity contribution is 5.97. The molecule has 23 heavy (non-hydrogen) atoms. The van der Waals surface area contributed by atoms with Crippen LogP contribution < -0.4 is 5.73 Å². The Morgan fingerprint density at radius 3 is 2.70 bits per heavy atom.